The van der Waals surface area contributed by atoms with Crippen LogP contribution in [-0.4, -0.2) is 5.91 Å². The molecule has 0 saturated heterocycles. The highest BCUT2D eigenvalue weighted by molar-refractivity contribution is 5.76. The van der Waals surface area contributed by atoms with Crippen molar-refractivity contribution >= 4 is 5.91 Å². The van der Waals surface area contributed by atoms with Crippen LogP contribution in [0.25, 0.3) is 0 Å². The molecule has 0 aromatic carbocycles. The number of carbonyl (C=O) groups excluding carboxylic acids is 1. The van der Waals surface area contributed by atoms with E-state index in [1.54, 1.807) is 6.54 Å². The first-order valence-electron chi connectivity index (χ1n) is 3.92. The summed E-state index contributed by atoms with van der Waals surface area (Å²) in [4.78, 5) is 10.8. The number of hydrogen-bond donors (Lipinski definition) is 1. The van der Waals surface area contributed by atoms with Gasteiger partial charge in [0.1, 0.15) is 0 Å². The van der Waals surface area contributed by atoms with Crippen LogP contribution >= 0.6 is 0 Å². The zero-order chi connectivity index (χ0) is 7.82. The summed E-state index contributed by atoms with van der Waals surface area (Å²) in [5.74, 6) is 0.142. The lowest BCUT2D eigenvalue weighted by atomic mass is 10.2. The topological polar surface area (TPSA) is 29.1 Å². The van der Waals surface area contributed by atoms with E-state index in [1.807, 2.05) is 6.92 Å². The smallest absolute Gasteiger partial charge is 0.220 e. The molecule has 0 aliphatic rings. The van der Waals surface area contributed by atoms with Gasteiger partial charge in [-0.15, -0.1) is 0 Å². The molecule has 0 bridgehead atoms. The van der Waals surface area contributed by atoms with Gasteiger partial charge in [0, 0.05) is 13.0 Å². The molecule has 0 rings (SSSR count). The summed E-state index contributed by atoms with van der Waals surface area (Å²) in [6.45, 7) is 5.87. The molecule has 0 fully saturated rings. The first-order chi connectivity index (χ1) is 4.81. The maximum absolute atomic E-state index is 10.8. The minimum atomic E-state index is 0.142. The summed E-state index contributed by atoms with van der Waals surface area (Å²) in [5, 5.41) is 2.70. The molecule has 0 aliphatic heterocycles. The van der Waals surface area contributed by atoms with Gasteiger partial charge in [-0.2, -0.15) is 0 Å². The quantitative estimate of drug-likeness (QED) is 0.623. The summed E-state index contributed by atoms with van der Waals surface area (Å²) in [6.07, 6.45) is 3.63. The van der Waals surface area contributed by atoms with E-state index >= 15 is 0 Å². The lowest BCUT2D eigenvalue weighted by Gasteiger charge is -1.99. The third-order valence-corrected chi connectivity index (χ3v) is 1.22. The van der Waals surface area contributed by atoms with E-state index in [0.29, 0.717) is 6.42 Å². The van der Waals surface area contributed by atoms with Gasteiger partial charge >= 0.3 is 0 Å². The number of carbonyl (C=O) groups is 1. The van der Waals surface area contributed by atoms with Crippen LogP contribution in [0, 0.1) is 6.54 Å². The molecule has 0 aromatic heterocycles. The molecule has 1 amide bonds. The summed E-state index contributed by atoms with van der Waals surface area (Å²) in [5.41, 5.74) is 0. The second-order valence-electron chi connectivity index (χ2n) is 2.28. The van der Waals surface area contributed by atoms with E-state index in [-0.39, 0.29) is 5.91 Å². The van der Waals surface area contributed by atoms with Crippen molar-refractivity contribution in [2.75, 3.05) is 0 Å². The van der Waals surface area contributed by atoms with Crippen LogP contribution in [0.5, 0.6) is 0 Å². The van der Waals surface area contributed by atoms with Crippen LogP contribution in [0.15, 0.2) is 0 Å². The van der Waals surface area contributed by atoms with Crippen molar-refractivity contribution in [3.63, 3.8) is 0 Å². The fraction of sp³-hybridized carbons (Fsp3) is 0.750. The average molecular weight is 142 g/mol. The SMILES string of the molecule is CC[CH]NC(=O)CCCC. The molecule has 0 aromatic rings. The summed E-state index contributed by atoms with van der Waals surface area (Å²) in [7, 11) is 0. The van der Waals surface area contributed by atoms with Gasteiger partial charge in [-0.3, -0.25) is 4.79 Å². The zero-order valence-corrected chi connectivity index (χ0v) is 6.81. The normalized spacial score (nSPS) is 9.40. The van der Waals surface area contributed by atoms with Crippen LogP contribution in [0.1, 0.15) is 39.5 Å². The van der Waals surface area contributed by atoms with Gasteiger partial charge in [0.2, 0.25) is 5.91 Å². The predicted molar refractivity (Wildman–Crippen MR) is 42.3 cm³/mol. The van der Waals surface area contributed by atoms with Gasteiger partial charge in [-0.1, -0.05) is 20.3 Å². The lowest BCUT2D eigenvalue weighted by Crippen LogP contribution is -2.19. The van der Waals surface area contributed by atoms with Crippen molar-refractivity contribution < 1.29 is 4.79 Å². The first kappa shape index (κ1) is 9.47. The highest BCUT2D eigenvalue weighted by Gasteiger charge is 1.96. The van der Waals surface area contributed by atoms with Gasteiger partial charge in [-0.25, -0.2) is 0 Å². The predicted octanol–water partition coefficient (Wildman–Crippen LogP) is 1.86. The number of nitrogens with one attached hydrogen (secondary N) is 1. The van der Waals surface area contributed by atoms with Crippen LogP contribution in [-0.2, 0) is 4.79 Å². The van der Waals surface area contributed by atoms with Gasteiger partial charge in [0.15, 0.2) is 0 Å². The molecule has 1 N–H and O–H groups in total. The molecule has 0 spiro atoms. The van der Waals surface area contributed by atoms with Crippen molar-refractivity contribution in [3.05, 3.63) is 6.54 Å². The summed E-state index contributed by atoms with van der Waals surface area (Å²) < 4.78 is 0. The van der Waals surface area contributed by atoms with Crippen molar-refractivity contribution in [3.8, 4) is 0 Å². The molecule has 0 unspecified atom stereocenters. The van der Waals surface area contributed by atoms with Crippen molar-refractivity contribution in [1.82, 2.24) is 5.32 Å². The third kappa shape index (κ3) is 5.60. The second kappa shape index (κ2) is 6.59. The fourth-order valence-electron chi connectivity index (χ4n) is 0.625. The molecule has 0 atom stereocenters. The lowest BCUT2D eigenvalue weighted by molar-refractivity contribution is -0.120. The molecule has 2 nitrogen and oxygen atoms in total. The Labute approximate surface area is 63.0 Å². The third-order valence-electron chi connectivity index (χ3n) is 1.22. The maximum atomic E-state index is 10.8. The van der Waals surface area contributed by atoms with Crippen LogP contribution in [0.2, 0.25) is 0 Å². The minimum absolute atomic E-state index is 0.142. The molecule has 59 valence electrons. The van der Waals surface area contributed by atoms with Crippen molar-refractivity contribution in [1.29, 1.82) is 0 Å². The van der Waals surface area contributed by atoms with Gasteiger partial charge in [0.05, 0.1) is 0 Å². The van der Waals surface area contributed by atoms with Gasteiger partial charge < -0.3 is 5.32 Å². The largest absolute Gasteiger partial charge is 0.351 e. The highest BCUT2D eigenvalue weighted by Crippen LogP contribution is 1.93. The molecule has 10 heavy (non-hydrogen) atoms. The fourth-order valence-corrected chi connectivity index (χ4v) is 0.625. The van der Waals surface area contributed by atoms with Crippen molar-refractivity contribution in [2.45, 2.75) is 39.5 Å². The Bertz CT molecular complexity index is 81.3. The Kier molecular flexibility index (Phi) is 6.24. The van der Waals surface area contributed by atoms with Crippen molar-refractivity contribution in [2.24, 2.45) is 0 Å². The Morgan fingerprint density at radius 3 is 2.70 bits per heavy atom. The summed E-state index contributed by atoms with van der Waals surface area (Å²) >= 11 is 0. The molecule has 0 saturated carbocycles. The average Bonchev–Trinajstić information content (AvgIpc) is 1.97. The number of rotatable bonds is 5. The monoisotopic (exact) mass is 142 g/mol. The Morgan fingerprint density at radius 1 is 1.50 bits per heavy atom. The van der Waals surface area contributed by atoms with Gasteiger partial charge in [-0.05, 0) is 12.8 Å². The number of hydrogen-bond acceptors (Lipinski definition) is 1. The molecular formula is C8H16NO. The first-order valence-corrected chi connectivity index (χ1v) is 3.92. The number of unbranched alkanes of at least 4 members (excludes halogenated alkanes) is 1. The molecule has 2 heteroatoms. The van der Waals surface area contributed by atoms with E-state index in [0.717, 1.165) is 19.3 Å². The minimum Gasteiger partial charge on any atom is -0.351 e. The Balaban J connectivity index is 3.09. The zero-order valence-electron chi connectivity index (χ0n) is 6.81. The highest BCUT2D eigenvalue weighted by atomic mass is 16.1. The molecule has 1 radical (unpaired) electrons. The van der Waals surface area contributed by atoms with E-state index in [4.69, 9.17) is 0 Å². The molecule has 0 aliphatic carbocycles. The molecule has 0 heterocycles. The van der Waals surface area contributed by atoms with Gasteiger partial charge in [0.25, 0.3) is 0 Å². The Morgan fingerprint density at radius 2 is 2.20 bits per heavy atom. The van der Waals surface area contributed by atoms with E-state index in [1.165, 1.54) is 0 Å². The Hall–Kier alpha value is -0.530. The molecular weight excluding hydrogens is 126 g/mol. The number of amides is 1. The van der Waals surface area contributed by atoms with E-state index in [9.17, 15) is 4.79 Å². The standard InChI is InChI=1S/C8H16NO/c1-3-5-6-8(10)9-7-4-2/h7H,3-6H2,1-2H3,(H,9,10). The van der Waals surface area contributed by atoms with Crippen LogP contribution in [0.4, 0.5) is 0 Å². The maximum Gasteiger partial charge on any atom is 0.220 e. The second-order valence-corrected chi connectivity index (χ2v) is 2.28. The van der Waals surface area contributed by atoms with Crippen LogP contribution < -0.4 is 5.32 Å². The van der Waals surface area contributed by atoms with E-state index < -0.39 is 0 Å². The summed E-state index contributed by atoms with van der Waals surface area (Å²) in [6, 6.07) is 0. The van der Waals surface area contributed by atoms with E-state index in [2.05, 4.69) is 12.2 Å². The van der Waals surface area contributed by atoms with Crippen LogP contribution in [0.3, 0.4) is 0 Å².